The summed E-state index contributed by atoms with van der Waals surface area (Å²) in [5.74, 6) is 0. The Kier molecular flexibility index (Phi) is 4.03. The van der Waals surface area contributed by atoms with E-state index in [-0.39, 0.29) is 0 Å². The summed E-state index contributed by atoms with van der Waals surface area (Å²) in [6.07, 6.45) is 1.07. The largest absolute Gasteiger partial charge is 0.0924 e. The van der Waals surface area contributed by atoms with Gasteiger partial charge in [0.25, 0.3) is 0 Å². The van der Waals surface area contributed by atoms with E-state index < -0.39 is 0 Å². The molecule has 0 fully saturated rings. The van der Waals surface area contributed by atoms with Crippen LogP contribution < -0.4 is 0 Å². The fraction of sp³-hybridized carbons (Fsp3) is 0.143. The Balaban J connectivity index is 2.27. The van der Waals surface area contributed by atoms with Crippen molar-refractivity contribution in [1.82, 2.24) is 0 Å². The highest BCUT2D eigenvalue weighted by Crippen LogP contribution is 2.23. The second-order valence-electron chi connectivity index (χ2n) is 3.65. The van der Waals surface area contributed by atoms with Crippen LogP contribution in [0.25, 0.3) is 11.1 Å². The molecule has 2 rings (SSSR count). The number of hydrogen-bond donors (Lipinski definition) is 0. The minimum atomic E-state index is 0.780. The summed E-state index contributed by atoms with van der Waals surface area (Å²) in [6, 6.07) is 16.5. The molecule has 0 radical (unpaired) electrons. The van der Waals surface area contributed by atoms with Gasteiger partial charge >= 0.3 is 0 Å². The number of alkyl halides is 1. The van der Waals surface area contributed by atoms with E-state index in [2.05, 4.69) is 46.3 Å². The molecule has 0 nitrogen and oxygen atoms in total. The minimum Gasteiger partial charge on any atom is -0.0924 e. The fourth-order valence-corrected chi connectivity index (χ4v) is 2.29. The Morgan fingerprint density at radius 1 is 0.938 bits per heavy atom. The molecule has 2 heteroatoms. The summed E-state index contributed by atoms with van der Waals surface area (Å²) in [7, 11) is 0. The lowest BCUT2D eigenvalue weighted by molar-refractivity contribution is 1.17. The quantitative estimate of drug-likeness (QED) is 0.703. The van der Waals surface area contributed by atoms with Gasteiger partial charge in [-0.2, -0.15) is 0 Å². The highest BCUT2D eigenvalue weighted by Gasteiger charge is 1.98. The van der Waals surface area contributed by atoms with E-state index in [0.29, 0.717) is 0 Å². The molecule has 0 aromatic heterocycles. The van der Waals surface area contributed by atoms with Gasteiger partial charge in [0.15, 0.2) is 0 Å². The predicted octanol–water partition coefficient (Wildman–Crippen LogP) is 4.94. The summed E-state index contributed by atoms with van der Waals surface area (Å²) < 4.78 is 0. The SMILES string of the molecule is Clc1cccc(-c2ccc(CCBr)cc2)c1. The highest BCUT2D eigenvalue weighted by molar-refractivity contribution is 9.09. The van der Waals surface area contributed by atoms with Gasteiger partial charge in [0.1, 0.15) is 0 Å². The number of hydrogen-bond acceptors (Lipinski definition) is 0. The molecule has 0 amide bonds. The van der Waals surface area contributed by atoms with E-state index in [4.69, 9.17) is 11.6 Å². The van der Waals surface area contributed by atoms with E-state index in [1.54, 1.807) is 0 Å². The van der Waals surface area contributed by atoms with Crippen molar-refractivity contribution in [3.05, 3.63) is 59.1 Å². The van der Waals surface area contributed by atoms with Crippen LogP contribution in [0, 0.1) is 0 Å². The molecule has 2 aromatic rings. The zero-order valence-corrected chi connectivity index (χ0v) is 11.1. The Morgan fingerprint density at radius 3 is 2.31 bits per heavy atom. The van der Waals surface area contributed by atoms with Crippen LogP contribution in [0.3, 0.4) is 0 Å². The summed E-state index contributed by atoms with van der Waals surface area (Å²) in [5.41, 5.74) is 3.72. The lowest BCUT2D eigenvalue weighted by atomic mass is 10.0. The highest BCUT2D eigenvalue weighted by atomic mass is 79.9. The summed E-state index contributed by atoms with van der Waals surface area (Å²) in [4.78, 5) is 0. The van der Waals surface area contributed by atoms with Crippen LogP contribution >= 0.6 is 27.5 Å². The topological polar surface area (TPSA) is 0 Å². The third-order valence-corrected chi connectivity index (χ3v) is 3.13. The van der Waals surface area contributed by atoms with Crippen molar-refractivity contribution in [2.24, 2.45) is 0 Å². The van der Waals surface area contributed by atoms with Gasteiger partial charge < -0.3 is 0 Å². The Bertz CT molecular complexity index is 462. The number of benzene rings is 2. The smallest absolute Gasteiger partial charge is 0.0412 e. The Labute approximate surface area is 109 Å². The van der Waals surface area contributed by atoms with Crippen LogP contribution in [-0.2, 0) is 6.42 Å². The molecule has 0 spiro atoms. The summed E-state index contributed by atoms with van der Waals surface area (Å²) in [5, 5.41) is 1.78. The molecule has 0 heterocycles. The molecule has 2 aromatic carbocycles. The van der Waals surface area contributed by atoms with Gasteiger partial charge in [0.2, 0.25) is 0 Å². The van der Waals surface area contributed by atoms with Crippen LogP contribution in [0.1, 0.15) is 5.56 Å². The van der Waals surface area contributed by atoms with Crippen molar-refractivity contribution < 1.29 is 0 Å². The van der Waals surface area contributed by atoms with Gasteiger partial charge in [-0.05, 0) is 35.2 Å². The van der Waals surface area contributed by atoms with Gasteiger partial charge in [-0.1, -0.05) is 63.9 Å². The van der Waals surface area contributed by atoms with Gasteiger partial charge in [0, 0.05) is 10.4 Å². The van der Waals surface area contributed by atoms with E-state index >= 15 is 0 Å². The fourth-order valence-electron chi connectivity index (χ4n) is 1.64. The second kappa shape index (κ2) is 5.51. The first-order valence-electron chi connectivity index (χ1n) is 5.20. The second-order valence-corrected chi connectivity index (χ2v) is 4.88. The maximum Gasteiger partial charge on any atom is 0.0412 e. The average Bonchev–Trinajstić information content (AvgIpc) is 2.30. The predicted molar refractivity (Wildman–Crippen MR) is 74.4 cm³/mol. The van der Waals surface area contributed by atoms with Crippen molar-refractivity contribution in [3.63, 3.8) is 0 Å². The summed E-state index contributed by atoms with van der Waals surface area (Å²) in [6.45, 7) is 0. The molecule has 82 valence electrons. The molecule has 16 heavy (non-hydrogen) atoms. The lowest BCUT2D eigenvalue weighted by Gasteiger charge is -2.04. The first kappa shape index (κ1) is 11.7. The van der Waals surface area contributed by atoms with Crippen molar-refractivity contribution in [1.29, 1.82) is 0 Å². The first-order chi connectivity index (χ1) is 7.79. The van der Waals surface area contributed by atoms with Crippen LogP contribution in [0.5, 0.6) is 0 Å². The number of aryl methyl sites for hydroxylation is 1. The lowest BCUT2D eigenvalue weighted by Crippen LogP contribution is -1.85. The van der Waals surface area contributed by atoms with Crippen molar-refractivity contribution in [2.45, 2.75) is 6.42 Å². The molecular formula is C14H12BrCl. The molecule has 0 N–H and O–H groups in total. The Hall–Kier alpha value is -0.790. The van der Waals surface area contributed by atoms with Gasteiger partial charge in [-0.3, -0.25) is 0 Å². The van der Waals surface area contributed by atoms with Gasteiger partial charge in [0.05, 0.1) is 0 Å². The number of halogens is 2. The van der Waals surface area contributed by atoms with E-state index in [9.17, 15) is 0 Å². The monoisotopic (exact) mass is 294 g/mol. The molecule has 0 aliphatic carbocycles. The average molecular weight is 296 g/mol. The number of rotatable bonds is 3. The minimum absolute atomic E-state index is 0.780. The first-order valence-corrected chi connectivity index (χ1v) is 6.70. The van der Waals surface area contributed by atoms with Crippen LogP contribution in [0.2, 0.25) is 5.02 Å². The van der Waals surface area contributed by atoms with Crippen molar-refractivity contribution >= 4 is 27.5 Å². The third-order valence-electron chi connectivity index (χ3n) is 2.50. The van der Waals surface area contributed by atoms with Crippen molar-refractivity contribution in [3.8, 4) is 11.1 Å². The molecule has 0 unspecified atom stereocenters. The van der Waals surface area contributed by atoms with Crippen LogP contribution in [-0.4, -0.2) is 5.33 Å². The molecule has 0 bridgehead atoms. The molecular weight excluding hydrogens is 284 g/mol. The van der Waals surface area contributed by atoms with E-state index in [1.807, 2.05) is 18.2 Å². The van der Waals surface area contributed by atoms with E-state index in [1.165, 1.54) is 11.1 Å². The molecule has 0 saturated carbocycles. The van der Waals surface area contributed by atoms with Crippen LogP contribution in [0.4, 0.5) is 0 Å². The van der Waals surface area contributed by atoms with Gasteiger partial charge in [-0.15, -0.1) is 0 Å². The Morgan fingerprint density at radius 2 is 1.69 bits per heavy atom. The molecule has 0 atom stereocenters. The van der Waals surface area contributed by atoms with Crippen LogP contribution in [0.15, 0.2) is 48.5 Å². The molecule has 0 aliphatic heterocycles. The maximum atomic E-state index is 5.97. The van der Waals surface area contributed by atoms with Gasteiger partial charge in [-0.25, -0.2) is 0 Å². The normalized spacial score (nSPS) is 10.4. The standard InChI is InChI=1S/C14H12BrCl/c15-9-8-11-4-6-12(7-5-11)13-2-1-3-14(16)10-13/h1-7,10H,8-9H2. The third kappa shape index (κ3) is 2.87. The van der Waals surface area contributed by atoms with Crippen molar-refractivity contribution in [2.75, 3.05) is 5.33 Å². The maximum absolute atomic E-state index is 5.97. The molecule has 0 aliphatic rings. The molecule has 0 saturated heterocycles. The zero-order valence-electron chi connectivity index (χ0n) is 8.79. The summed E-state index contributed by atoms with van der Waals surface area (Å²) >= 11 is 9.41. The zero-order chi connectivity index (χ0) is 11.4. The van der Waals surface area contributed by atoms with E-state index in [0.717, 1.165) is 22.3 Å².